The third-order valence-corrected chi connectivity index (χ3v) is 6.56. The molecule has 0 amide bonds. The Hall–Kier alpha value is 0.662. The van der Waals surface area contributed by atoms with Crippen LogP contribution in [0.2, 0.25) is 8.78 Å². The summed E-state index contributed by atoms with van der Waals surface area (Å²) in [6.07, 6.45) is 15.5. The molecule has 2 saturated carbocycles. The van der Waals surface area contributed by atoms with Crippen molar-refractivity contribution in [3.8, 4) is 0 Å². The normalized spacial score (nSPS) is 28.0. The molecule has 2 aliphatic carbocycles. The van der Waals surface area contributed by atoms with Crippen LogP contribution in [0.25, 0.3) is 0 Å². The van der Waals surface area contributed by atoms with E-state index >= 15 is 0 Å². The van der Waals surface area contributed by atoms with Crippen LogP contribution in [0.5, 0.6) is 0 Å². The average molecular weight is 273 g/mol. The fourth-order valence-electron chi connectivity index (χ4n) is 2.48. The number of hydrogen-bond donors (Lipinski definition) is 0. The summed E-state index contributed by atoms with van der Waals surface area (Å²) < 4.78 is 2.34. The van der Waals surface area contributed by atoms with Crippen LogP contribution in [0.4, 0.5) is 0 Å². The van der Waals surface area contributed by atoms with E-state index in [4.69, 9.17) is 0 Å². The first-order valence-electron chi connectivity index (χ1n) is 6.00. The van der Waals surface area contributed by atoms with Crippen molar-refractivity contribution in [1.29, 1.82) is 0 Å². The molecule has 0 radical (unpaired) electrons. The van der Waals surface area contributed by atoms with Crippen LogP contribution in [0.15, 0.2) is 0 Å². The fourth-order valence-corrected chi connectivity index (χ4v) is 5.82. The minimum atomic E-state index is 1.13. The van der Waals surface area contributed by atoms with Crippen LogP contribution in [0.3, 0.4) is 0 Å². The van der Waals surface area contributed by atoms with Crippen LogP contribution < -0.4 is 0 Å². The number of rotatable bonds is 2. The van der Waals surface area contributed by atoms with Gasteiger partial charge in [0, 0.05) is 0 Å². The zero-order chi connectivity index (χ0) is 8.93. The van der Waals surface area contributed by atoms with Crippen LogP contribution in [0.1, 0.15) is 64.2 Å². The van der Waals surface area contributed by atoms with Crippen LogP contribution in [-0.2, 0) is 18.0 Å². The molecule has 0 atom stereocenters. The molecule has 13 heavy (non-hydrogen) atoms. The minimum absolute atomic E-state index is 1.13. The van der Waals surface area contributed by atoms with E-state index in [9.17, 15) is 0 Å². The quantitative estimate of drug-likeness (QED) is 0.646. The van der Waals surface area contributed by atoms with E-state index in [0.29, 0.717) is 0 Å². The second-order valence-corrected chi connectivity index (χ2v) is 7.53. The van der Waals surface area contributed by atoms with Crippen LogP contribution >= 0.6 is 0 Å². The first-order valence-corrected chi connectivity index (χ1v) is 7.79. The standard InChI is InChI=1S/2C6H11.Pd/c2*1-2-4-6-5-3-1;/h2*1H,2-6H2;. The molecule has 2 fully saturated rings. The van der Waals surface area contributed by atoms with E-state index < -0.39 is 0 Å². The molecule has 0 unspecified atom stereocenters. The van der Waals surface area contributed by atoms with Crippen molar-refractivity contribution < 1.29 is 18.0 Å². The molecule has 2 rings (SSSR count). The summed E-state index contributed by atoms with van der Waals surface area (Å²) in [7, 11) is 0. The summed E-state index contributed by atoms with van der Waals surface area (Å²) in [6.45, 7) is 0. The van der Waals surface area contributed by atoms with Gasteiger partial charge in [0.1, 0.15) is 0 Å². The van der Waals surface area contributed by atoms with E-state index in [0.717, 1.165) is 18.0 Å². The maximum absolute atomic E-state index is 1.57. The van der Waals surface area contributed by atoms with Gasteiger partial charge in [-0.25, -0.2) is 0 Å². The van der Waals surface area contributed by atoms with Gasteiger partial charge in [-0.15, -0.1) is 0 Å². The zero-order valence-corrected chi connectivity index (χ0v) is 10.1. The first kappa shape index (κ1) is 10.2. The summed E-state index contributed by atoms with van der Waals surface area (Å²) in [5.41, 5.74) is 0. The Morgan fingerprint density at radius 2 is 0.923 bits per heavy atom. The molecule has 0 aromatic rings. The van der Waals surface area contributed by atoms with E-state index in [1.54, 1.807) is 25.7 Å². The van der Waals surface area contributed by atoms with Gasteiger partial charge in [0.25, 0.3) is 0 Å². The molecule has 0 bridgehead atoms. The van der Waals surface area contributed by atoms with Gasteiger partial charge in [-0.1, -0.05) is 0 Å². The fraction of sp³-hybridized carbons (Fsp3) is 1.00. The van der Waals surface area contributed by atoms with Crippen LogP contribution in [-0.4, -0.2) is 0 Å². The van der Waals surface area contributed by atoms with Gasteiger partial charge in [-0.2, -0.15) is 0 Å². The maximum atomic E-state index is 1.57. The zero-order valence-electron chi connectivity index (χ0n) is 8.54. The summed E-state index contributed by atoms with van der Waals surface area (Å²) in [6, 6.07) is 0. The Balaban J connectivity index is 1.69. The summed E-state index contributed by atoms with van der Waals surface area (Å²) >= 11 is 1.13. The summed E-state index contributed by atoms with van der Waals surface area (Å²) in [5.74, 6) is 0. The Labute approximate surface area is 91.0 Å². The molecule has 2 aliphatic rings. The van der Waals surface area contributed by atoms with Crippen LogP contribution in [0, 0.1) is 0 Å². The SMILES string of the molecule is C1CC[CH]([Pd][CH]2CCCCC2)CC1. The third-order valence-electron chi connectivity index (χ3n) is 3.30. The van der Waals surface area contributed by atoms with E-state index in [2.05, 4.69) is 0 Å². The molecule has 0 spiro atoms. The van der Waals surface area contributed by atoms with Gasteiger partial charge in [0.2, 0.25) is 0 Å². The van der Waals surface area contributed by atoms with Crippen molar-refractivity contribution in [1.82, 2.24) is 0 Å². The van der Waals surface area contributed by atoms with Gasteiger partial charge >= 0.3 is 91.0 Å². The van der Waals surface area contributed by atoms with Gasteiger partial charge in [0.05, 0.1) is 0 Å². The number of hydrogen-bond acceptors (Lipinski definition) is 0. The molecular formula is C12H22Pd. The van der Waals surface area contributed by atoms with E-state index in [-0.39, 0.29) is 0 Å². The molecule has 0 N–H and O–H groups in total. The second kappa shape index (κ2) is 5.52. The molecule has 80 valence electrons. The monoisotopic (exact) mass is 272 g/mol. The topological polar surface area (TPSA) is 0 Å². The third kappa shape index (κ3) is 3.37. The predicted octanol–water partition coefficient (Wildman–Crippen LogP) is 4.57. The Kier molecular flexibility index (Phi) is 4.33. The molecule has 0 aromatic carbocycles. The second-order valence-electron chi connectivity index (χ2n) is 4.48. The van der Waals surface area contributed by atoms with Crippen molar-refractivity contribution in [3.63, 3.8) is 0 Å². The van der Waals surface area contributed by atoms with Gasteiger partial charge in [-0.05, 0) is 0 Å². The van der Waals surface area contributed by atoms with Crippen molar-refractivity contribution in [3.05, 3.63) is 0 Å². The Bertz CT molecular complexity index is 116. The van der Waals surface area contributed by atoms with Crippen molar-refractivity contribution in [2.24, 2.45) is 0 Å². The Morgan fingerprint density at radius 3 is 1.31 bits per heavy atom. The molecule has 0 nitrogen and oxygen atoms in total. The molecule has 0 saturated heterocycles. The van der Waals surface area contributed by atoms with Crippen molar-refractivity contribution in [2.75, 3.05) is 0 Å². The van der Waals surface area contributed by atoms with E-state index in [1.165, 1.54) is 47.3 Å². The molecule has 1 heteroatoms. The van der Waals surface area contributed by atoms with Gasteiger partial charge in [0.15, 0.2) is 0 Å². The molecular weight excluding hydrogens is 251 g/mol. The molecule has 0 aromatic heterocycles. The van der Waals surface area contributed by atoms with E-state index in [1.807, 2.05) is 0 Å². The molecule has 0 aliphatic heterocycles. The van der Waals surface area contributed by atoms with Gasteiger partial charge < -0.3 is 0 Å². The van der Waals surface area contributed by atoms with Crippen molar-refractivity contribution in [2.45, 2.75) is 73.0 Å². The molecule has 0 heterocycles. The first-order chi connectivity index (χ1) is 6.45. The predicted molar refractivity (Wildman–Crippen MR) is 53.7 cm³/mol. The Morgan fingerprint density at radius 1 is 0.538 bits per heavy atom. The van der Waals surface area contributed by atoms with Gasteiger partial charge in [-0.3, -0.25) is 0 Å². The summed E-state index contributed by atoms with van der Waals surface area (Å²) in [4.78, 5) is 0. The van der Waals surface area contributed by atoms with Crippen molar-refractivity contribution >= 4 is 0 Å². The average Bonchev–Trinajstić information content (AvgIpc) is 2.21. The summed E-state index contributed by atoms with van der Waals surface area (Å²) in [5, 5.41) is 0.